The normalized spacial score (nSPS) is 13.4. The molecule has 2 aromatic carbocycles. The van der Waals surface area contributed by atoms with Crippen LogP contribution in [-0.4, -0.2) is 9.55 Å². The van der Waals surface area contributed by atoms with Crippen LogP contribution in [0.2, 0.25) is 5.02 Å². The first-order valence-corrected chi connectivity index (χ1v) is 7.26. The number of nitrogens with zero attached hydrogens (tertiary/aromatic N) is 2. The van der Waals surface area contributed by atoms with Gasteiger partial charge in [0.25, 0.3) is 0 Å². The molecule has 1 aromatic heterocycles. The van der Waals surface area contributed by atoms with Gasteiger partial charge in [-0.3, -0.25) is 0 Å². The van der Waals surface area contributed by atoms with Gasteiger partial charge < -0.3 is 10.3 Å². The van der Waals surface area contributed by atoms with E-state index in [0.717, 1.165) is 23.2 Å². The zero-order chi connectivity index (χ0) is 16.6. The molecule has 0 spiro atoms. The summed E-state index contributed by atoms with van der Waals surface area (Å²) in [4.78, 5) is 4.24. The number of alkyl halides is 3. The minimum absolute atomic E-state index is 0.218. The van der Waals surface area contributed by atoms with E-state index in [0.29, 0.717) is 0 Å². The second kappa shape index (κ2) is 5.86. The first-order valence-electron chi connectivity index (χ1n) is 6.88. The third-order valence-electron chi connectivity index (χ3n) is 3.64. The number of nitrogens with two attached hydrogens (primary N) is 1. The predicted octanol–water partition coefficient (Wildman–Crippen LogP) is 4.41. The highest BCUT2D eigenvalue weighted by atomic mass is 35.5. The Morgan fingerprint density at radius 2 is 1.91 bits per heavy atom. The maximum atomic E-state index is 12.8. The van der Waals surface area contributed by atoms with Crippen LogP contribution < -0.4 is 5.73 Å². The monoisotopic (exact) mass is 339 g/mol. The van der Waals surface area contributed by atoms with Crippen molar-refractivity contribution in [2.45, 2.75) is 18.8 Å². The van der Waals surface area contributed by atoms with Gasteiger partial charge in [0.05, 0.1) is 22.9 Å². The van der Waals surface area contributed by atoms with Crippen LogP contribution in [0.5, 0.6) is 0 Å². The van der Waals surface area contributed by atoms with Crippen molar-refractivity contribution in [1.82, 2.24) is 9.55 Å². The van der Waals surface area contributed by atoms with Crippen molar-refractivity contribution >= 4 is 22.6 Å². The number of benzene rings is 2. The Morgan fingerprint density at radius 3 is 2.65 bits per heavy atom. The molecule has 0 fully saturated rings. The summed E-state index contributed by atoms with van der Waals surface area (Å²) in [5.74, 6) is 0. The molecule has 23 heavy (non-hydrogen) atoms. The molecule has 3 nitrogen and oxygen atoms in total. The van der Waals surface area contributed by atoms with Crippen molar-refractivity contribution in [3.63, 3.8) is 0 Å². The predicted molar refractivity (Wildman–Crippen MR) is 83.1 cm³/mol. The molecule has 0 radical (unpaired) electrons. The molecular weight excluding hydrogens is 327 g/mol. The van der Waals surface area contributed by atoms with Crippen LogP contribution in [-0.2, 0) is 12.7 Å². The number of rotatable bonds is 3. The van der Waals surface area contributed by atoms with Crippen LogP contribution in [0.3, 0.4) is 0 Å². The van der Waals surface area contributed by atoms with Crippen LogP contribution in [0, 0.1) is 0 Å². The van der Waals surface area contributed by atoms with Crippen molar-refractivity contribution in [3.8, 4) is 0 Å². The highest BCUT2D eigenvalue weighted by Crippen LogP contribution is 2.33. The fourth-order valence-electron chi connectivity index (χ4n) is 2.47. The Hall–Kier alpha value is -2.05. The van der Waals surface area contributed by atoms with E-state index in [1.165, 1.54) is 6.07 Å². The number of aromatic nitrogens is 2. The lowest BCUT2D eigenvalue weighted by Gasteiger charge is -2.17. The summed E-state index contributed by atoms with van der Waals surface area (Å²) < 4.78 is 40.4. The number of halogens is 4. The van der Waals surface area contributed by atoms with E-state index in [1.807, 2.05) is 24.3 Å². The first-order chi connectivity index (χ1) is 10.9. The van der Waals surface area contributed by atoms with Gasteiger partial charge in [-0.25, -0.2) is 4.98 Å². The molecule has 0 aliphatic rings. The molecule has 0 bridgehead atoms. The van der Waals surface area contributed by atoms with Crippen molar-refractivity contribution in [3.05, 3.63) is 64.9 Å². The van der Waals surface area contributed by atoms with Crippen LogP contribution in [0.4, 0.5) is 13.2 Å². The van der Waals surface area contributed by atoms with E-state index in [2.05, 4.69) is 4.98 Å². The summed E-state index contributed by atoms with van der Waals surface area (Å²) in [6, 6.07) is 9.97. The molecule has 1 atom stereocenters. The maximum absolute atomic E-state index is 12.8. The molecule has 0 amide bonds. The molecular formula is C16H13ClF3N3. The van der Waals surface area contributed by atoms with Crippen LogP contribution in [0.15, 0.2) is 48.8 Å². The zero-order valence-corrected chi connectivity index (χ0v) is 12.6. The lowest BCUT2D eigenvalue weighted by atomic mass is 10.0. The van der Waals surface area contributed by atoms with Crippen molar-refractivity contribution in [2.75, 3.05) is 0 Å². The third kappa shape index (κ3) is 3.18. The summed E-state index contributed by atoms with van der Waals surface area (Å²) >= 11 is 6.03. The van der Waals surface area contributed by atoms with Gasteiger partial charge >= 0.3 is 6.18 Å². The number of hydrogen-bond donors (Lipinski definition) is 1. The van der Waals surface area contributed by atoms with Gasteiger partial charge in [0.2, 0.25) is 0 Å². The minimum Gasteiger partial charge on any atom is -0.329 e. The van der Waals surface area contributed by atoms with Crippen molar-refractivity contribution in [1.29, 1.82) is 0 Å². The number of imidazole rings is 1. The summed E-state index contributed by atoms with van der Waals surface area (Å²) in [6.45, 7) is 0.279. The highest BCUT2D eigenvalue weighted by Gasteiger charge is 2.31. The molecule has 0 aliphatic heterocycles. The summed E-state index contributed by atoms with van der Waals surface area (Å²) in [7, 11) is 0. The molecule has 7 heteroatoms. The lowest BCUT2D eigenvalue weighted by Crippen LogP contribution is -2.18. The molecule has 3 aromatic rings. The molecule has 1 unspecified atom stereocenters. The summed E-state index contributed by atoms with van der Waals surface area (Å²) in [5, 5.41) is 0.218. The molecule has 3 rings (SSSR count). The number of fused-ring (bicyclic) bond motifs is 1. The lowest BCUT2D eigenvalue weighted by molar-refractivity contribution is -0.137. The minimum atomic E-state index is -4.43. The SMILES string of the molecule is NC(Cn1cnc2ccccc21)c1cc(C(F)(F)F)ccc1Cl. The molecule has 0 saturated carbocycles. The van der Waals surface area contributed by atoms with Crippen LogP contribution in [0.1, 0.15) is 17.2 Å². The maximum Gasteiger partial charge on any atom is 0.416 e. The van der Waals surface area contributed by atoms with Crippen molar-refractivity contribution in [2.24, 2.45) is 5.73 Å². The zero-order valence-electron chi connectivity index (χ0n) is 11.9. The van der Waals surface area contributed by atoms with E-state index in [4.69, 9.17) is 17.3 Å². The second-order valence-corrected chi connectivity index (χ2v) is 5.63. The molecule has 1 heterocycles. The van der Waals surface area contributed by atoms with Gasteiger partial charge in [0, 0.05) is 17.6 Å². The average molecular weight is 340 g/mol. The van der Waals surface area contributed by atoms with E-state index in [9.17, 15) is 13.2 Å². The standard InChI is InChI=1S/C16H13ClF3N3/c17-12-6-5-10(16(18,19)20)7-11(12)13(21)8-23-9-22-14-3-1-2-4-15(14)23/h1-7,9,13H,8,21H2. The molecule has 0 aliphatic carbocycles. The van der Waals surface area contributed by atoms with Gasteiger partial charge in [-0.1, -0.05) is 23.7 Å². The highest BCUT2D eigenvalue weighted by molar-refractivity contribution is 6.31. The second-order valence-electron chi connectivity index (χ2n) is 5.23. The van der Waals surface area contributed by atoms with E-state index < -0.39 is 17.8 Å². The molecule has 120 valence electrons. The van der Waals surface area contributed by atoms with Gasteiger partial charge in [-0.15, -0.1) is 0 Å². The largest absolute Gasteiger partial charge is 0.416 e. The Bertz CT molecular complexity index is 842. The average Bonchev–Trinajstić information content (AvgIpc) is 2.90. The van der Waals surface area contributed by atoms with Gasteiger partial charge in [-0.05, 0) is 35.9 Å². The third-order valence-corrected chi connectivity index (χ3v) is 3.99. The fraction of sp³-hybridized carbons (Fsp3) is 0.188. The van der Waals surface area contributed by atoms with Gasteiger partial charge in [0.15, 0.2) is 0 Å². The Labute approximate surface area is 135 Å². The Kier molecular flexibility index (Phi) is 4.04. The number of hydrogen-bond acceptors (Lipinski definition) is 2. The molecule has 0 saturated heterocycles. The van der Waals surface area contributed by atoms with Gasteiger partial charge in [-0.2, -0.15) is 13.2 Å². The van der Waals surface area contributed by atoms with Gasteiger partial charge in [0.1, 0.15) is 0 Å². The van der Waals surface area contributed by atoms with Crippen LogP contribution in [0.25, 0.3) is 11.0 Å². The summed E-state index contributed by atoms with van der Waals surface area (Å²) in [5.41, 5.74) is 7.26. The first kappa shape index (κ1) is 15.8. The Balaban J connectivity index is 1.93. The smallest absolute Gasteiger partial charge is 0.329 e. The van der Waals surface area contributed by atoms with Crippen molar-refractivity contribution < 1.29 is 13.2 Å². The topological polar surface area (TPSA) is 43.8 Å². The number of para-hydroxylation sites is 2. The quantitative estimate of drug-likeness (QED) is 0.768. The fourth-order valence-corrected chi connectivity index (χ4v) is 2.73. The van der Waals surface area contributed by atoms with E-state index in [-0.39, 0.29) is 17.1 Å². The Morgan fingerprint density at radius 1 is 1.17 bits per heavy atom. The van der Waals surface area contributed by atoms with Crippen LogP contribution >= 0.6 is 11.6 Å². The van der Waals surface area contributed by atoms with E-state index >= 15 is 0 Å². The summed E-state index contributed by atoms with van der Waals surface area (Å²) in [6.07, 6.45) is -2.81. The molecule has 2 N–H and O–H groups in total. The van der Waals surface area contributed by atoms with E-state index in [1.54, 1.807) is 10.9 Å².